The molecule has 1 aliphatic rings. The molecular formula is C20H25N5OS. The summed E-state index contributed by atoms with van der Waals surface area (Å²) in [5.74, 6) is 0.299. The van der Waals surface area contributed by atoms with Crippen LogP contribution in [-0.2, 0) is 7.05 Å². The van der Waals surface area contributed by atoms with Crippen LogP contribution in [0, 0.1) is 12.8 Å². The molecule has 3 heterocycles. The number of hydrogen-bond donors (Lipinski definition) is 2. The molecule has 1 aliphatic carbocycles. The SMILES string of the molecule is Cc1nn(C)c2nc(-c3cccs3)cc(C(=O)NC3CCCCC3CN)c12. The second kappa shape index (κ2) is 7.40. The number of nitrogens with one attached hydrogen (secondary N) is 1. The molecule has 2 unspecified atom stereocenters. The highest BCUT2D eigenvalue weighted by Gasteiger charge is 2.27. The van der Waals surface area contributed by atoms with E-state index in [4.69, 9.17) is 10.7 Å². The number of thiophene rings is 1. The van der Waals surface area contributed by atoms with Crippen LogP contribution >= 0.6 is 11.3 Å². The normalized spacial score (nSPS) is 20.1. The van der Waals surface area contributed by atoms with E-state index in [1.807, 2.05) is 37.6 Å². The number of fused-ring (bicyclic) bond motifs is 1. The van der Waals surface area contributed by atoms with E-state index in [2.05, 4.69) is 10.4 Å². The molecule has 1 fully saturated rings. The van der Waals surface area contributed by atoms with E-state index in [0.29, 0.717) is 18.0 Å². The van der Waals surface area contributed by atoms with Crippen LogP contribution < -0.4 is 11.1 Å². The van der Waals surface area contributed by atoms with Gasteiger partial charge >= 0.3 is 0 Å². The van der Waals surface area contributed by atoms with Gasteiger partial charge in [0.15, 0.2) is 5.65 Å². The van der Waals surface area contributed by atoms with Gasteiger partial charge in [0.1, 0.15) is 0 Å². The molecule has 0 radical (unpaired) electrons. The molecule has 6 nitrogen and oxygen atoms in total. The molecule has 1 amide bonds. The van der Waals surface area contributed by atoms with Gasteiger partial charge in [0.05, 0.1) is 27.2 Å². The minimum Gasteiger partial charge on any atom is -0.349 e. The maximum absolute atomic E-state index is 13.3. The van der Waals surface area contributed by atoms with Crippen LogP contribution in [0.3, 0.4) is 0 Å². The van der Waals surface area contributed by atoms with Gasteiger partial charge in [-0.25, -0.2) is 4.98 Å². The Labute approximate surface area is 162 Å². The van der Waals surface area contributed by atoms with E-state index in [9.17, 15) is 4.79 Å². The van der Waals surface area contributed by atoms with Crippen LogP contribution in [0.15, 0.2) is 23.6 Å². The number of aryl methyl sites for hydroxylation is 2. The fraction of sp³-hybridized carbons (Fsp3) is 0.450. The number of carbonyl (C=O) groups is 1. The first-order valence-corrected chi connectivity index (χ1v) is 10.4. The van der Waals surface area contributed by atoms with Crippen LogP contribution in [0.2, 0.25) is 0 Å². The number of pyridine rings is 1. The van der Waals surface area contributed by atoms with Crippen molar-refractivity contribution >= 4 is 28.3 Å². The number of hydrogen-bond acceptors (Lipinski definition) is 5. The number of carbonyl (C=O) groups excluding carboxylic acids is 1. The van der Waals surface area contributed by atoms with E-state index < -0.39 is 0 Å². The Bertz CT molecular complexity index is 963. The molecule has 0 spiro atoms. The van der Waals surface area contributed by atoms with Crippen molar-refractivity contribution < 1.29 is 4.79 Å². The number of nitrogens with zero attached hydrogens (tertiary/aromatic N) is 3. The molecule has 3 aromatic heterocycles. The summed E-state index contributed by atoms with van der Waals surface area (Å²) in [5.41, 5.74) is 8.96. The summed E-state index contributed by atoms with van der Waals surface area (Å²) in [6.45, 7) is 2.54. The lowest BCUT2D eigenvalue weighted by atomic mass is 9.84. The summed E-state index contributed by atoms with van der Waals surface area (Å²) in [5, 5.41) is 10.6. The molecule has 0 aromatic carbocycles. The predicted octanol–water partition coefficient (Wildman–Crippen LogP) is 3.25. The lowest BCUT2D eigenvalue weighted by Gasteiger charge is -2.31. The molecular weight excluding hydrogens is 358 g/mol. The summed E-state index contributed by atoms with van der Waals surface area (Å²) >= 11 is 1.62. The second-order valence-corrected chi connectivity index (χ2v) is 8.25. The lowest BCUT2D eigenvalue weighted by Crippen LogP contribution is -2.44. The first kappa shape index (κ1) is 18.1. The van der Waals surface area contributed by atoms with Crippen LogP contribution in [0.5, 0.6) is 0 Å². The van der Waals surface area contributed by atoms with Crippen LogP contribution in [0.25, 0.3) is 21.6 Å². The first-order valence-electron chi connectivity index (χ1n) is 9.47. The van der Waals surface area contributed by atoms with Crippen LogP contribution in [-0.4, -0.2) is 33.3 Å². The maximum Gasteiger partial charge on any atom is 0.252 e. The Kier molecular flexibility index (Phi) is 4.97. The van der Waals surface area contributed by atoms with Gasteiger partial charge in [-0.15, -0.1) is 11.3 Å². The minimum atomic E-state index is -0.0540. The quantitative estimate of drug-likeness (QED) is 0.724. The summed E-state index contributed by atoms with van der Waals surface area (Å²) in [6.07, 6.45) is 4.41. The van der Waals surface area contributed by atoms with Crippen molar-refractivity contribution in [3.05, 3.63) is 34.8 Å². The topological polar surface area (TPSA) is 85.8 Å². The highest BCUT2D eigenvalue weighted by atomic mass is 32.1. The largest absolute Gasteiger partial charge is 0.349 e. The molecule has 0 saturated heterocycles. The monoisotopic (exact) mass is 383 g/mol. The van der Waals surface area contributed by atoms with Crippen molar-refractivity contribution in [2.24, 2.45) is 18.7 Å². The molecule has 4 rings (SSSR count). The third kappa shape index (κ3) is 3.37. The van der Waals surface area contributed by atoms with Gasteiger partial charge in [0.2, 0.25) is 0 Å². The molecule has 142 valence electrons. The van der Waals surface area contributed by atoms with Gasteiger partial charge in [-0.3, -0.25) is 9.48 Å². The Balaban J connectivity index is 1.76. The number of aromatic nitrogens is 3. The van der Waals surface area contributed by atoms with Gasteiger partial charge < -0.3 is 11.1 Å². The fourth-order valence-electron chi connectivity index (χ4n) is 4.10. The Morgan fingerprint density at radius 1 is 1.41 bits per heavy atom. The Hall–Kier alpha value is -2.25. The highest BCUT2D eigenvalue weighted by Crippen LogP contribution is 2.30. The molecule has 1 saturated carbocycles. The molecule has 27 heavy (non-hydrogen) atoms. The lowest BCUT2D eigenvalue weighted by molar-refractivity contribution is 0.0909. The van der Waals surface area contributed by atoms with Gasteiger partial charge in [-0.1, -0.05) is 18.9 Å². The van der Waals surface area contributed by atoms with Gasteiger partial charge in [-0.05, 0) is 49.7 Å². The van der Waals surface area contributed by atoms with E-state index in [0.717, 1.165) is 46.6 Å². The molecule has 0 bridgehead atoms. The Morgan fingerprint density at radius 2 is 2.22 bits per heavy atom. The van der Waals surface area contributed by atoms with E-state index in [1.54, 1.807) is 16.0 Å². The third-order valence-corrected chi connectivity index (χ3v) is 6.41. The summed E-state index contributed by atoms with van der Waals surface area (Å²) < 4.78 is 1.75. The maximum atomic E-state index is 13.3. The van der Waals surface area contributed by atoms with Crippen LogP contribution in [0.4, 0.5) is 0 Å². The highest BCUT2D eigenvalue weighted by molar-refractivity contribution is 7.13. The first-order chi connectivity index (χ1) is 13.1. The number of rotatable bonds is 4. The average molecular weight is 384 g/mol. The van der Waals surface area contributed by atoms with Gasteiger partial charge in [0, 0.05) is 13.1 Å². The number of amides is 1. The molecule has 3 aromatic rings. The zero-order chi connectivity index (χ0) is 19.0. The summed E-state index contributed by atoms with van der Waals surface area (Å²) in [4.78, 5) is 19.1. The molecule has 3 N–H and O–H groups in total. The molecule has 2 atom stereocenters. The van der Waals surface area contributed by atoms with Gasteiger partial charge in [0.25, 0.3) is 5.91 Å². The summed E-state index contributed by atoms with van der Waals surface area (Å²) in [6, 6.07) is 6.06. The van der Waals surface area contributed by atoms with Crippen molar-refractivity contribution in [2.45, 2.75) is 38.6 Å². The third-order valence-electron chi connectivity index (χ3n) is 5.52. The van der Waals surface area contributed by atoms with Crippen LogP contribution in [0.1, 0.15) is 41.7 Å². The Morgan fingerprint density at radius 3 is 2.96 bits per heavy atom. The molecule has 7 heteroatoms. The smallest absolute Gasteiger partial charge is 0.252 e. The number of nitrogens with two attached hydrogens (primary N) is 1. The van der Waals surface area contributed by atoms with E-state index >= 15 is 0 Å². The second-order valence-electron chi connectivity index (χ2n) is 7.30. The zero-order valence-electron chi connectivity index (χ0n) is 15.7. The summed E-state index contributed by atoms with van der Waals surface area (Å²) in [7, 11) is 1.87. The predicted molar refractivity (Wildman–Crippen MR) is 109 cm³/mol. The van der Waals surface area contributed by atoms with Gasteiger partial charge in [-0.2, -0.15) is 5.10 Å². The zero-order valence-corrected chi connectivity index (χ0v) is 16.6. The van der Waals surface area contributed by atoms with Crippen molar-refractivity contribution in [1.29, 1.82) is 0 Å². The van der Waals surface area contributed by atoms with Crippen molar-refractivity contribution in [3.8, 4) is 10.6 Å². The van der Waals surface area contributed by atoms with E-state index in [-0.39, 0.29) is 11.9 Å². The average Bonchev–Trinajstić information content (AvgIpc) is 3.30. The van der Waals surface area contributed by atoms with E-state index in [1.165, 1.54) is 6.42 Å². The van der Waals surface area contributed by atoms with Crippen molar-refractivity contribution in [2.75, 3.05) is 6.54 Å². The molecule has 0 aliphatic heterocycles. The minimum absolute atomic E-state index is 0.0540. The standard InChI is InChI=1S/C20H25N5OS/c1-12-18-14(20(26)23-15-7-4-3-6-13(15)11-21)10-16(17-8-5-9-27-17)22-19(18)25(2)24-12/h5,8-10,13,15H,3-4,6-7,11,21H2,1-2H3,(H,23,26). The van der Waals surface area contributed by atoms with Crippen molar-refractivity contribution in [3.63, 3.8) is 0 Å². The van der Waals surface area contributed by atoms with Crippen molar-refractivity contribution in [1.82, 2.24) is 20.1 Å². The fourth-order valence-corrected chi connectivity index (χ4v) is 4.79.